The maximum Gasteiger partial charge on any atom is 0.328 e. The van der Waals surface area contributed by atoms with E-state index in [0.717, 1.165) is 0 Å². The van der Waals surface area contributed by atoms with Crippen LogP contribution in [0.25, 0.3) is 11.1 Å². The molecule has 0 heterocycles. The van der Waals surface area contributed by atoms with Crippen LogP contribution in [0.2, 0.25) is 10.0 Å². The lowest BCUT2D eigenvalue weighted by Crippen LogP contribution is -2.50. The molecule has 11 nitrogen and oxygen atoms in total. The highest BCUT2D eigenvalue weighted by molar-refractivity contribution is 6.40. The number of carbonyl (C=O) groups is 4. The first-order valence-electron chi connectivity index (χ1n) is 11.5. The van der Waals surface area contributed by atoms with Gasteiger partial charge in [-0.3, -0.25) is 19.8 Å². The summed E-state index contributed by atoms with van der Waals surface area (Å²) in [6.07, 6.45) is 0. The summed E-state index contributed by atoms with van der Waals surface area (Å²) >= 11 is 12.5. The van der Waals surface area contributed by atoms with Crippen molar-refractivity contribution in [2.75, 3.05) is 18.4 Å². The van der Waals surface area contributed by atoms with E-state index in [4.69, 9.17) is 34.3 Å². The summed E-state index contributed by atoms with van der Waals surface area (Å²) in [6, 6.07) is 12.9. The third-order valence-electron chi connectivity index (χ3n) is 5.37. The second kappa shape index (κ2) is 13.4. The van der Waals surface area contributed by atoms with Gasteiger partial charge in [0.05, 0.1) is 22.2 Å². The highest BCUT2D eigenvalue weighted by Gasteiger charge is 2.25. The van der Waals surface area contributed by atoms with E-state index >= 15 is 0 Å². The zero-order valence-electron chi connectivity index (χ0n) is 20.6. The molecule has 3 aromatic rings. The van der Waals surface area contributed by atoms with Crippen molar-refractivity contribution in [3.63, 3.8) is 0 Å². The summed E-state index contributed by atoms with van der Waals surface area (Å²) in [4.78, 5) is 49.1. The van der Waals surface area contributed by atoms with E-state index in [1.807, 2.05) is 0 Å². The summed E-state index contributed by atoms with van der Waals surface area (Å²) in [5.41, 5.74) is 6.78. The van der Waals surface area contributed by atoms with Gasteiger partial charge in [0.1, 0.15) is 11.9 Å². The minimum atomic E-state index is -1.55. The van der Waals surface area contributed by atoms with Crippen molar-refractivity contribution in [1.82, 2.24) is 16.0 Å². The summed E-state index contributed by atoms with van der Waals surface area (Å²) in [7, 11) is 0. The highest BCUT2D eigenvalue weighted by atomic mass is 35.5. The van der Waals surface area contributed by atoms with Crippen LogP contribution in [0.15, 0.2) is 60.7 Å². The fraction of sp³-hybridized carbons (Fsp3) is 0.115. The molecule has 0 bridgehead atoms. The van der Waals surface area contributed by atoms with E-state index in [-0.39, 0.29) is 27.1 Å². The number of amides is 3. The molecule has 40 heavy (non-hydrogen) atoms. The fourth-order valence-corrected chi connectivity index (χ4v) is 4.12. The van der Waals surface area contributed by atoms with Gasteiger partial charge in [-0.1, -0.05) is 41.4 Å². The Hall–Kier alpha value is -4.68. The van der Waals surface area contributed by atoms with E-state index in [1.165, 1.54) is 48.5 Å². The molecular weight excluding hydrogens is 566 g/mol. The maximum atomic E-state index is 13.2. The molecule has 14 heteroatoms. The number of benzene rings is 3. The van der Waals surface area contributed by atoms with Crippen LogP contribution in [-0.4, -0.2) is 53.9 Å². The molecule has 0 fully saturated rings. The van der Waals surface area contributed by atoms with Crippen molar-refractivity contribution < 1.29 is 28.7 Å². The second-order valence-corrected chi connectivity index (χ2v) is 9.11. The Morgan fingerprint density at radius 3 is 2.17 bits per heavy atom. The smallest absolute Gasteiger partial charge is 0.328 e. The number of aliphatic carboxylic acids is 1. The number of nitrogens with one attached hydrogen (secondary N) is 5. The molecule has 0 aliphatic rings. The molecule has 0 aliphatic carbocycles. The van der Waals surface area contributed by atoms with E-state index in [9.17, 15) is 28.7 Å². The van der Waals surface area contributed by atoms with Crippen LogP contribution in [-0.2, 0) is 9.59 Å². The quantitative estimate of drug-likeness (QED) is 0.140. The predicted octanol–water partition coefficient (Wildman–Crippen LogP) is 2.83. The van der Waals surface area contributed by atoms with E-state index in [0.29, 0.717) is 16.8 Å². The average Bonchev–Trinajstić information content (AvgIpc) is 2.89. The molecule has 0 unspecified atom stereocenters. The number of carboxylic acids is 1. The normalized spacial score (nSPS) is 11.2. The number of hydrogen-bond donors (Lipinski definition) is 7. The van der Waals surface area contributed by atoms with Crippen molar-refractivity contribution in [3.8, 4) is 11.1 Å². The first-order valence-corrected chi connectivity index (χ1v) is 12.2. The summed E-state index contributed by atoms with van der Waals surface area (Å²) in [5.74, 6) is -4.40. The van der Waals surface area contributed by atoms with E-state index < -0.39 is 48.6 Å². The third-order valence-corrected chi connectivity index (χ3v) is 5.96. The van der Waals surface area contributed by atoms with Crippen LogP contribution in [0, 0.1) is 11.2 Å². The molecule has 0 saturated carbocycles. The number of hydrogen-bond acceptors (Lipinski definition) is 5. The monoisotopic (exact) mass is 588 g/mol. The van der Waals surface area contributed by atoms with E-state index in [2.05, 4.69) is 21.3 Å². The lowest BCUT2D eigenvalue weighted by atomic mass is 10.0. The third kappa shape index (κ3) is 8.16. The molecule has 3 rings (SSSR count). The minimum Gasteiger partial charge on any atom is -0.480 e. The van der Waals surface area contributed by atoms with Crippen LogP contribution in [0.3, 0.4) is 0 Å². The Kier molecular flexibility index (Phi) is 10.0. The zero-order chi connectivity index (χ0) is 29.4. The first kappa shape index (κ1) is 29.9. The molecule has 3 aromatic carbocycles. The van der Waals surface area contributed by atoms with Gasteiger partial charge in [0, 0.05) is 17.8 Å². The highest BCUT2D eigenvalue weighted by Crippen LogP contribution is 2.32. The van der Waals surface area contributed by atoms with Crippen LogP contribution >= 0.6 is 23.2 Å². The van der Waals surface area contributed by atoms with Gasteiger partial charge in [-0.05, 0) is 53.6 Å². The molecule has 208 valence electrons. The Morgan fingerprint density at radius 2 is 1.57 bits per heavy atom. The molecule has 0 radical (unpaired) electrons. The van der Waals surface area contributed by atoms with Gasteiger partial charge in [0.25, 0.3) is 11.8 Å². The summed E-state index contributed by atoms with van der Waals surface area (Å²) in [6.45, 7) is -0.983. The number of guanidine groups is 1. The lowest BCUT2D eigenvalue weighted by Gasteiger charge is -2.17. The number of anilines is 1. The van der Waals surface area contributed by atoms with Gasteiger partial charge in [0.15, 0.2) is 5.96 Å². The Bertz CT molecular complexity index is 1450. The predicted molar refractivity (Wildman–Crippen MR) is 148 cm³/mol. The Morgan fingerprint density at radius 1 is 0.925 bits per heavy atom. The van der Waals surface area contributed by atoms with Crippen molar-refractivity contribution in [2.45, 2.75) is 6.04 Å². The Labute approximate surface area is 237 Å². The first-order chi connectivity index (χ1) is 18.9. The van der Waals surface area contributed by atoms with Gasteiger partial charge in [-0.2, -0.15) is 0 Å². The number of halogens is 3. The van der Waals surface area contributed by atoms with Crippen molar-refractivity contribution in [3.05, 3.63) is 87.7 Å². The van der Waals surface area contributed by atoms with Crippen LogP contribution in [0.5, 0.6) is 0 Å². The SMILES string of the molecule is N=C(N)Nc1cccc(C(=O)NCC(=O)NC[C@H](NC(=O)c2c(Cl)cc(-c3ccc(F)cc3)cc2Cl)C(=O)O)c1. The molecule has 0 aliphatic heterocycles. The van der Waals surface area contributed by atoms with Gasteiger partial charge >= 0.3 is 5.97 Å². The fourth-order valence-electron chi connectivity index (χ4n) is 3.46. The largest absolute Gasteiger partial charge is 0.480 e. The standard InChI is InChI=1S/C26H23Cl2FN6O5/c27-18-9-15(13-4-6-16(29)7-5-13)10-19(28)22(18)24(38)35-20(25(39)40)11-32-21(36)12-33-23(37)14-2-1-3-17(8-14)34-26(30)31/h1-10,20H,11-12H2,(H,32,36)(H,33,37)(H,35,38)(H,39,40)(H4,30,31,34)/t20-/m0/s1. The number of nitrogens with two attached hydrogens (primary N) is 1. The van der Waals surface area contributed by atoms with Gasteiger partial charge < -0.3 is 32.1 Å². The second-order valence-electron chi connectivity index (χ2n) is 8.29. The van der Waals surface area contributed by atoms with Crippen LogP contribution in [0.1, 0.15) is 20.7 Å². The minimum absolute atomic E-state index is 0.0669. The number of rotatable bonds is 10. The van der Waals surface area contributed by atoms with E-state index in [1.54, 1.807) is 12.1 Å². The van der Waals surface area contributed by atoms with Crippen molar-refractivity contribution >= 4 is 58.5 Å². The molecule has 8 N–H and O–H groups in total. The van der Waals surface area contributed by atoms with Crippen molar-refractivity contribution in [2.24, 2.45) is 5.73 Å². The van der Waals surface area contributed by atoms with Gasteiger partial charge in [-0.15, -0.1) is 0 Å². The summed E-state index contributed by atoms with van der Waals surface area (Å²) in [5, 5.41) is 26.1. The molecule has 3 amide bonds. The average molecular weight is 589 g/mol. The van der Waals surface area contributed by atoms with Gasteiger partial charge in [-0.25, -0.2) is 9.18 Å². The number of carboxylic acid groups (broad SMARTS) is 1. The van der Waals surface area contributed by atoms with Crippen LogP contribution < -0.4 is 27.0 Å². The van der Waals surface area contributed by atoms with Crippen LogP contribution in [0.4, 0.5) is 10.1 Å². The summed E-state index contributed by atoms with van der Waals surface area (Å²) < 4.78 is 13.2. The maximum absolute atomic E-state index is 13.2. The molecule has 0 saturated heterocycles. The van der Waals surface area contributed by atoms with Gasteiger partial charge in [0.2, 0.25) is 5.91 Å². The zero-order valence-corrected chi connectivity index (χ0v) is 22.1. The molecule has 1 atom stereocenters. The topological polar surface area (TPSA) is 186 Å². The van der Waals surface area contributed by atoms with Crippen molar-refractivity contribution in [1.29, 1.82) is 5.41 Å². The Balaban J connectivity index is 1.58. The molecule has 0 spiro atoms. The number of carbonyl (C=O) groups excluding carboxylic acids is 3. The molecule has 0 aromatic heterocycles. The lowest BCUT2D eigenvalue weighted by molar-refractivity contribution is -0.139. The molecular formula is C26H23Cl2FN6O5.